The van der Waals surface area contributed by atoms with Gasteiger partial charge in [-0.1, -0.05) is 30.3 Å². The van der Waals surface area contributed by atoms with Crippen molar-refractivity contribution in [1.29, 1.82) is 0 Å². The number of urea groups is 1. The third-order valence-corrected chi connectivity index (χ3v) is 3.33. The molecule has 0 heterocycles. The van der Waals surface area contributed by atoms with Crippen LogP contribution in [0.15, 0.2) is 48.5 Å². The van der Waals surface area contributed by atoms with Crippen LogP contribution in [0, 0.1) is 6.92 Å². The number of hydrogen-bond acceptors (Lipinski definition) is 2. The van der Waals surface area contributed by atoms with E-state index in [1.807, 2.05) is 62.4 Å². The van der Waals surface area contributed by atoms with Gasteiger partial charge in [-0.25, -0.2) is 4.79 Å². The van der Waals surface area contributed by atoms with Crippen molar-refractivity contribution in [2.75, 3.05) is 12.4 Å². The van der Waals surface area contributed by atoms with Crippen LogP contribution in [0.1, 0.15) is 24.1 Å². The average molecular weight is 284 g/mol. The van der Waals surface area contributed by atoms with Crippen molar-refractivity contribution < 1.29 is 9.53 Å². The Morgan fingerprint density at radius 2 is 1.90 bits per heavy atom. The molecule has 0 aliphatic rings. The summed E-state index contributed by atoms with van der Waals surface area (Å²) >= 11 is 0. The molecule has 0 aromatic heterocycles. The molecule has 4 heteroatoms. The number of carbonyl (C=O) groups excluding carboxylic acids is 1. The van der Waals surface area contributed by atoms with E-state index in [-0.39, 0.29) is 12.1 Å². The first-order chi connectivity index (χ1) is 10.1. The molecule has 2 N–H and O–H groups in total. The summed E-state index contributed by atoms with van der Waals surface area (Å²) in [5.74, 6) is 0.778. The Morgan fingerprint density at radius 1 is 1.14 bits per heavy atom. The Balaban J connectivity index is 2.00. The Labute approximate surface area is 125 Å². The van der Waals surface area contributed by atoms with Crippen LogP contribution in [-0.4, -0.2) is 13.1 Å². The Bertz CT molecular complexity index is 626. The minimum Gasteiger partial charge on any atom is -0.497 e. The molecule has 2 rings (SSSR count). The highest BCUT2D eigenvalue weighted by Gasteiger charge is 2.10. The van der Waals surface area contributed by atoms with Crippen molar-refractivity contribution in [2.24, 2.45) is 0 Å². The van der Waals surface area contributed by atoms with Gasteiger partial charge < -0.3 is 15.4 Å². The third-order valence-electron chi connectivity index (χ3n) is 3.33. The fraction of sp³-hybridized carbons (Fsp3) is 0.235. The highest BCUT2D eigenvalue weighted by atomic mass is 16.5. The van der Waals surface area contributed by atoms with Crippen LogP contribution in [-0.2, 0) is 0 Å². The largest absolute Gasteiger partial charge is 0.497 e. The molecule has 1 atom stereocenters. The van der Waals surface area contributed by atoms with E-state index in [4.69, 9.17) is 4.74 Å². The zero-order chi connectivity index (χ0) is 15.2. The van der Waals surface area contributed by atoms with Gasteiger partial charge in [-0.2, -0.15) is 0 Å². The number of nitrogens with one attached hydrogen (secondary N) is 2. The molecule has 0 spiro atoms. The maximum absolute atomic E-state index is 12.0. The lowest BCUT2D eigenvalue weighted by molar-refractivity contribution is 0.249. The van der Waals surface area contributed by atoms with E-state index in [2.05, 4.69) is 10.6 Å². The van der Waals surface area contributed by atoms with Crippen LogP contribution < -0.4 is 15.4 Å². The van der Waals surface area contributed by atoms with E-state index in [0.717, 1.165) is 22.6 Å². The van der Waals surface area contributed by atoms with Crippen molar-refractivity contribution in [1.82, 2.24) is 5.32 Å². The molecule has 0 saturated heterocycles. The maximum Gasteiger partial charge on any atom is 0.319 e. The summed E-state index contributed by atoms with van der Waals surface area (Å²) in [6, 6.07) is 15.0. The van der Waals surface area contributed by atoms with Gasteiger partial charge in [0.15, 0.2) is 0 Å². The summed E-state index contributed by atoms with van der Waals surface area (Å²) in [6.45, 7) is 3.90. The number of methoxy groups -OCH3 is 1. The third kappa shape index (κ3) is 3.99. The van der Waals surface area contributed by atoms with Gasteiger partial charge in [0.1, 0.15) is 5.75 Å². The normalized spacial score (nSPS) is 11.6. The lowest BCUT2D eigenvalue weighted by Crippen LogP contribution is -2.31. The van der Waals surface area contributed by atoms with Crippen LogP contribution in [0.5, 0.6) is 5.75 Å². The van der Waals surface area contributed by atoms with E-state index < -0.39 is 0 Å². The van der Waals surface area contributed by atoms with Gasteiger partial charge in [0.25, 0.3) is 0 Å². The number of rotatable bonds is 4. The summed E-state index contributed by atoms with van der Waals surface area (Å²) in [4.78, 5) is 12.0. The number of para-hydroxylation sites is 1. The first kappa shape index (κ1) is 14.9. The quantitative estimate of drug-likeness (QED) is 0.895. The van der Waals surface area contributed by atoms with Gasteiger partial charge in [-0.05, 0) is 43.2 Å². The van der Waals surface area contributed by atoms with E-state index >= 15 is 0 Å². The Kier molecular flexibility index (Phi) is 4.82. The molecule has 110 valence electrons. The number of aryl methyl sites for hydroxylation is 1. The highest BCUT2D eigenvalue weighted by molar-refractivity contribution is 5.90. The summed E-state index contributed by atoms with van der Waals surface area (Å²) < 4.78 is 5.19. The maximum atomic E-state index is 12.0. The number of benzene rings is 2. The molecule has 0 fully saturated rings. The van der Waals surface area contributed by atoms with Crippen molar-refractivity contribution in [3.8, 4) is 5.75 Å². The standard InChI is InChI=1S/C17H20N2O2/c1-12-7-4-5-10-16(12)19-17(20)18-13(2)14-8-6-9-15(11-14)21-3/h4-11,13H,1-3H3,(H2,18,19,20)/t13-/m0/s1. The number of amides is 2. The molecule has 2 aromatic rings. The molecule has 2 aromatic carbocycles. The molecule has 4 nitrogen and oxygen atoms in total. The SMILES string of the molecule is COc1cccc([C@H](C)NC(=O)Nc2ccccc2C)c1. The van der Waals surface area contributed by atoms with Crippen LogP contribution in [0.3, 0.4) is 0 Å². The van der Waals surface area contributed by atoms with Crippen molar-refractivity contribution in [3.05, 3.63) is 59.7 Å². The Morgan fingerprint density at radius 3 is 2.62 bits per heavy atom. The first-order valence-corrected chi connectivity index (χ1v) is 6.87. The molecule has 0 saturated carbocycles. The fourth-order valence-electron chi connectivity index (χ4n) is 2.06. The Hall–Kier alpha value is -2.49. The second kappa shape index (κ2) is 6.79. The van der Waals surface area contributed by atoms with E-state index in [1.165, 1.54) is 0 Å². The molecule has 0 bridgehead atoms. The van der Waals surface area contributed by atoms with Crippen molar-refractivity contribution in [3.63, 3.8) is 0 Å². The van der Waals surface area contributed by atoms with Crippen LogP contribution >= 0.6 is 0 Å². The summed E-state index contributed by atoms with van der Waals surface area (Å²) in [6.07, 6.45) is 0. The molecule has 0 unspecified atom stereocenters. The minimum atomic E-state index is -0.223. The van der Waals surface area contributed by atoms with Crippen LogP contribution in [0.2, 0.25) is 0 Å². The smallest absolute Gasteiger partial charge is 0.319 e. The van der Waals surface area contributed by atoms with E-state index in [9.17, 15) is 4.79 Å². The van der Waals surface area contributed by atoms with Crippen LogP contribution in [0.25, 0.3) is 0 Å². The van der Waals surface area contributed by atoms with Gasteiger partial charge in [0, 0.05) is 5.69 Å². The minimum absolute atomic E-state index is 0.107. The van der Waals surface area contributed by atoms with Crippen molar-refractivity contribution in [2.45, 2.75) is 19.9 Å². The predicted octanol–water partition coefficient (Wildman–Crippen LogP) is 3.89. The van der Waals surface area contributed by atoms with Gasteiger partial charge in [-0.15, -0.1) is 0 Å². The monoisotopic (exact) mass is 284 g/mol. The number of ether oxygens (including phenoxy) is 1. The van der Waals surface area contributed by atoms with Gasteiger partial charge in [0.05, 0.1) is 13.2 Å². The van der Waals surface area contributed by atoms with Gasteiger partial charge in [0.2, 0.25) is 0 Å². The van der Waals surface area contributed by atoms with Crippen LogP contribution in [0.4, 0.5) is 10.5 Å². The van der Waals surface area contributed by atoms with Crippen molar-refractivity contribution >= 4 is 11.7 Å². The highest BCUT2D eigenvalue weighted by Crippen LogP contribution is 2.19. The molecule has 0 radical (unpaired) electrons. The molecule has 0 aliphatic heterocycles. The van der Waals surface area contributed by atoms with E-state index in [1.54, 1.807) is 7.11 Å². The lowest BCUT2D eigenvalue weighted by atomic mass is 10.1. The summed E-state index contributed by atoms with van der Waals surface area (Å²) in [5, 5.41) is 5.78. The predicted molar refractivity (Wildman–Crippen MR) is 84.7 cm³/mol. The first-order valence-electron chi connectivity index (χ1n) is 6.87. The second-order valence-corrected chi connectivity index (χ2v) is 4.91. The molecular formula is C17H20N2O2. The summed E-state index contributed by atoms with van der Waals surface area (Å²) in [5.41, 5.74) is 2.84. The zero-order valence-corrected chi connectivity index (χ0v) is 12.5. The number of carbonyl (C=O) groups is 1. The topological polar surface area (TPSA) is 50.4 Å². The molecule has 2 amide bonds. The van der Waals surface area contributed by atoms with Gasteiger partial charge >= 0.3 is 6.03 Å². The lowest BCUT2D eigenvalue weighted by Gasteiger charge is -2.16. The number of hydrogen-bond donors (Lipinski definition) is 2. The second-order valence-electron chi connectivity index (χ2n) is 4.91. The fourth-order valence-corrected chi connectivity index (χ4v) is 2.06. The average Bonchev–Trinajstić information content (AvgIpc) is 2.49. The van der Waals surface area contributed by atoms with Gasteiger partial charge in [-0.3, -0.25) is 0 Å². The number of anilines is 1. The summed E-state index contributed by atoms with van der Waals surface area (Å²) in [7, 11) is 1.63. The molecular weight excluding hydrogens is 264 g/mol. The molecule has 0 aliphatic carbocycles. The molecule has 21 heavy (non-hydrogen) atoms. The zero-order valence-electron chi connectivity index (χ0n) is 12.5. The van der Waals surface area contributed by atoms with E-state index in [0.29, 0.717) is 0 Å².